The van der Waals surface area contributed by atoms with E-state index in [-0.39, 0.29) is 11.7 Å². The minimum Gasteiger partial charge on any atom is -0.480 e. The smallest absolute Gasteiger partial charge is 0.326 e. The summed E-state index contributed by atoms with van der Waals surface area (Å²) in [4.78, 5) is 22.4. The molecule has 0 aromatic carbocycles. The Bertz CT molecular complexity index is 359. The molecule has 1 aromatic heterocycles. The molecule has 0 spiro atoms. The molecule has 1 heterocycles. The zero-order chi connectivity index (χ0) is 12.1. The molecule has 16 heavy (non-hydrogen) atoms. The minimum atomic E-state index is -1.05. The Morgan fingerprint density at radius 3 is 2.69 bits per heavy atom. The molecular formula is C10H14N2O4. The highest BCUT2D eigenvalue weighted by Crippen LogP contribution is 2.06. The lowest BCUT2D eigenvalue weighted by Gasteiger charge is -2.15. The van der Waals surface area contributed by atoms with Gasteiger partial charge in [0.25, 0.3) is 5.91 Å². The minimum absolute atomic E-state index is 0.00926. The summed E-state index contributed by atoms with van der Waals surface area (Å²) < 4.78 is 4.63. The molecule has 0 fully saturated rings. The van der Waals surface area contributed by atoms with Gasteiger partial charge < -0.3 is 14.9 Å². The van der Waals surface area contributed by atoms with Gasteiger partial charge in [-0.25, -0.2) is 4.79 Å². The zero-order valence-electron chi connectivity index (χ0n) is 9.14. The lowest BCUT2D eigenvalue weighted by Crippen LogP contribution is -2.41. The Hall–Kier alpha value is -1.85. The molecule has 0 aliphatic rings. The van der Waals surface area contributed by atoms with Gasteiger partial charge in [0.2, 0.25) is 5.76 Å². The van der Waals surface area contributed by atoms with Crippen LogP contribution in [-0.2, 0) is 4.79 Å². The molecule has 1 aromatic rings. The second-order valence-electron chi connectivity index (χ2n) is 3.87. The van der Waals surface area contributed by atoms with Crippen molar-refractivity contribution in [1.29, 1.82) is 0 Å². The Kier molecular flexibility index (Phi) is 4.04. The van der Waals surface area contributed by atoms with Crippen LogP contribution in [0, 0.1) is 5.92 Å². The third-order valence-corrected chi connectivity index (χ3v) is 1.97. The lowest BCUT2D eigenvalue weighted by molar-refractivity contribution is -0.139. The van der Waals surface area contributed by atoms with E-state index in [0.717, 1.165) is 0 Å². The largest absolute Gasteiger partial charge is 0.480 e. The highest BCUT2D eigenvalue weighted by atomic mass is 16.5. The summed E-state index contributed by atoms with van der Waals surface area (Å²) in [5, 5.41) is 14.7. The molecule has 1 amide bonds. The summed E-state index contributed by atoms with van der Waals surface area (Å²) in [7, 11) is 0. The Balaban J connectivity index is 2.62. The van der Waals surface area contributed by atoms with Crippen molar-refractivity contribution in [3.8, 4) is 0 Å². The Morgan fingerprint density at radius 2 is 2.25 bits per heavy atom. The van der Waals surface area contributed by atoms with Gasteiger partial charge in [-0.1, -0.05) is 19.0 Å². The molecule has 0 bridgehead atoms. The predicted molar refractivity (Wildman–Crippen MR) is 54.8 cm³/mol. The van der Waals surface area contributed by atoms with Crippen molar-refractivity contribution in [3.05, 3.63) is 18.0 Å². The quantitative estimate of drug-likeness (QED) is 0.778. The van der Waals surface area contributed by atoms with Crippen molar-refractivity contribution in [2.45, 2.75) is 26.3 Å². The Labute approximate surface area is 92.6 Å². The topological polar surface area (TPSA) is 92.4 Å². The van der Waals surface area contributed by atoms with Gasteiger partial charge in [-0.05, 0) is 12.3 Å². The summed E-state index contributed by atoms with van der Waals surface area (Å²) in [5.41, 5.74) is 0. The van der Waals surface area contributed by atoms with Crippen molar-refractivity contribution in [2.75, 3.05) is 0 Å². The predicted octanol–water partition coefficient (Wildman–Crippen LogP) is 0.904. The van der Waals surface area contributed by atoms with Crippen LogP contribution in [0.5, 0.6) is 0 Å². The molecule has 1 rings (SSSR count). The summed E-state index contributed by atoms with van der Waals surface area (Å²) >= 11 is 0. The van der Waals surface area contributed by atoms with Gasteiger partial charge in [-0.3, -0.25) is 4.79 Å². The molecule has 0 saturated heterocycles. The lowest BCUT2D eigenvalue weighted by atomic mass is 10.0. The highest BCUT2D eigenvalue weighted by Gasteiger charge is 2.22. The average Bonchev–Trinajstić information content (AvgIpc) is 2.68. The number of nitrogens with zero attached hydrogens (tertiary/aromatic N) is 1. The molecule has 88 valence electrons. The standard InChI is InChI=1S/C10H14N2O4/c1-6(2)5-7(10(14)15)12-9(13)8-3-4-11-16-8/h3-4,6-7H,5H2,1-2H3,(H,12,13)(H,14,15)/t7-/m1/s1. The van der Waals surface area contributed by atoms with Crippen molar-refractivity contribution < 1.29 is 19.2 Å². The number of rotatable bonds is 5. The van der Waals surface area contributed by atoms with Gasteiger partial charge in [-0.2, -0.15) is 0 Å². The van der Waals surface area contributed by atoms with Crippen molar-refractivity contribution in [2.24, 2.45) is 5.92 Å². The van der Waals surface area contributed by atoms with Crippen LogP contribution in [0.3, 0.4) is 0 Å². The fraction of sp³-hybridized carbons (Fsp3) is 0.500. The van der Waals surface area contributed by atoms with Gasteiger partial charge in [-0.15, -0.1) is 0 Å². The molecular weight excluding hydrogens is 212 g/mol. The SMILES string of the molecule is CC(C)C[C@@H](NC(=O)c1ccno1)C(=O)O. The van der Waals surface area contributed by atoms with Crippen LogP contribution in [0.4, 0.5) is 0 Å². The molecule has 0 radical (unpaired) electrons. The van der Waals surface area contributed by atoms with Gasteiger partial charge in [0.05, 0.1) is 6.20 Å². The normalized spacial score (nSPS) is 12.4. The summed E-state index contributed by atoms with van der Waals surface area (Å²) in [6, 6.07) is 0.474. The maximum Gasteiger partial charge on any atom is 0.326 e. The van der Waals surface area contributed by atoms with E-state index in [0.29, 0.717) is 6.42 Å². The van der Waals surface area contributed by atoms with Crippen molar-refractivity contribution in [3.63, 3.8) is 0 Å². The van der Waals surface area contributed by atoms with Crippen LogP contribution in [0.1, 0.15) is 30.8 Å². The van der Waals surface area contributed by atoms with E-state index in [1.54, 1.807) is 0 Å². The van der Waals surface area contributed by atoms with E-state index in [9.17, 15) is 9.59 Å². The van der Waals surface area contributed by atoms with Gasteiger partial charge in [0.1, 0.15) is 6.04 Å². The number of nitrogens with one attached hydrogen (secondary N) is 1. The van der Waals surface area contributed by atoms with Gasteiger partial charge >= 0.3 is 5.97 Å². The number of carbonyl (C=O) groups excluding carboxylic acids is 1. The van der Waals surface area contributed by atoms with Crippen LogP contribution in [0.15, 0.2) is 16.8 Å². The van der Waals surface area contributed by atoms with E-state index >= 15 is 0 Å². The fourth-order valence-corrected chi connectivity index (χ4v) is 1.26. The molecule has 1 atom stereocenters. The second-order valence-corrected chi connectivity index (χ2v) is 3.87. The number of carboxylic acids is 1. The number of carboxylic acid groups (broad SMARTS) is 1. The highest BCUT2D eigenvalue weighted by molar-refractivity contribution is 5.94. The molecule has 0 aliphatic carbocycles. The van der Waals surface area contributed by atoms with Crippen LogP contribution < -0.4 is 5.32 Å². The first kappa shape index (κ1) is 12.2. The van der Waals surface area contributed by atoms with E-state index in [2.05, 4.69) is 15.0 Å². The first-order valence-electron chi connectivity index (χ1n) is 4.95. The van der Waals surface area contributed by atoms with Crippen molar-refractivity contribution in [1.82, 2.24) is 10.5 Å². The molecule has 0 aliphatic heterocycles. The third kappa shape index (κ3) is 3.38. The first-order chi connectivity index (χ1) is 7.50. The zero-order valence-corrected chi connectivity index (χ0v) is 9.14. The molecule has 0 saturated carbocycles. The monoisotopic (exact) mass is 226 g/mol. The number of hydrogen-bond acceptors (Lipinski definition) is 4. The number of carbonyl (C=O) groups is 2. The summed E-state index contributed by atoms with van der Waals surface area (Å²) in [6.45, 7) is 3.77. The van der Waals surface area contributed by atoms with E-state index < -0.39 is 17.9 Å². The van der Waals surface area contributed by atoms with Crippen molar-refractivity contribution >= 4 is 11.9 Å². The van der Waals surface area contributed by atoms with Crippen LogP contribution in [-0.4, -0.2) is 28.2 Å². The molecule has 6 heteroatoms. The molecule has 0 unspecified atom stereocenters. The molecule has 6 nitrogen and oxygen atoms in total. The second kappa shape index (κ2) is 5.29. The maximum atomic E-state index is 11.5. The van der Waals surface area contributed by atoms with E-state index in [4.69, 9.17) is 5.11 Å². The van der Waals surface area contributed by atoms with Gasteiger partial charge in [0, 0.05) is 6.07 Å². The van der Waals surface area contributed by atoms with Crippen LogP contribution in [0.2, 0.25) is 0 Å². The van der Waals surface area contributed by atoms with E-state index in [1.165, 1.54) is 12.3 Å². The summed E-state index contributed by atoms with van der Waals surface area (Å²) in [5.74, 6) is -1.43. The number of hydrogen-bond donors (Lipinski definition) is 2. The third-order valence-electron chi connectivity index (χ3n) is 1.97. The first-order valence-corrected chi connectivity index (χ1v) is 4.95. The number of aliphatic carboxylic acids is 1. The number of aromatic nitrogens is 1. The van der Waals surface area contributed by atoms with Crippen LogP contribution in [0.25, 0.3) is 0 Å². The van der Waals surface area contributed by atoms with Gasteiger partial charge in [0.15, 0.2) is 0 Å². The van der Waals surface area contributed by atoms with Crippen LogP contribution >= 0.6 is 0 Å². The average molecular weight is 226 g/mol. The summed E-state index contributed by atoms with van der Waals surface area (Å²) in [6.07, 6.45) is 1.70. The van der Waals surface area contributed by atoms with E-state index in [1.807, 2.05) is 13.8 Å². The Morgan fingerprint density at radius 1 is 1.56 bits per heavy atom. The maximum absolute atomic E-state index is 11.5. The molecule has 2 N–H and O–H groups in total. The number of amides is 1. The fourth-order valence-electron chi connectivity index (χ4n) is 1.26.